The van der Waals surface area contributed by atoms with Crippen LogP contribution in [0.4, 0.5) is 0 Å². The van der Waals surface area contributed by atoms with Gasteiger partial charge in [-0.15, -0.1) is 0 Å². The maximum absolute atomic E-state index is 10.7. The first-order valence-corrected chi connectivity index (χ1v) is 4.54. The Kier molecular flexibility index (Phi) is 1.30. The minimum atomic E-state index is -2.43. The largest absolute Gasteiger partial charge is 0.387 e. The third-order valence-corrected chi connectivity index (χ3v) is 3.39. The highest BCUT2D eigenvalue weighted by atomic mass is 32.2. The van der Waals surface area contributed by atoms with E-state index in [2.05, 4.69) is 0 Å². The normalized spacial score (nSPS) is 50.4. The molecule has 1 rings (SSSR count). The van der Waals surface area contributed by atoms with Crippen molar-refractivity contribution < 1.29 is 9.32 Å². The monoisotopic (exact) mass is 150 g/mol. The van der Waals surface area contributed by atoms with E-state index in [1.54, 1.807) is 0 Å². The predicted octanol–water partition coefficient (Wildman–Crippen LogP) is -1.26. The second-order valence-electron chi connectivity index (χ2n) is 2.53. The molecule has 0 saturated carbocycles. The minimum Gasteiger partial charge on any atom is -0.387 e. The summed E-state index contributed by atoms with van der Waals surface area (Å²) in [6.07, 6.45) is 0. The summed E-state index contributed by atoms with van der Waals surface area (Å²) < 4.78 is 17.6. The molecular formula is C4H10N2O2S. The molecule has 1 heterocycles. The predicted molar refractivity (Wildman–Crippen MR) is 34.6 cm³/mol. The quantitative estimate of drug-likeness (QED) is 0.436. The van der Waals surface area contributed by atoms with Crippen molar-refractivity contribution in [3.05, 3.63) is 0 Å². The molecule has 0 atom stereocenters. The van der Waals surface area contributed by atoms with Gasteiger partial charge in [-0.25, -0.2) is 4.21 Å². The van der Waals surface area contributed by atoms with Gasteiger partial charge >= 0.3 is 0 Å². The fourth-order valence-corrected chi connectivity index (χ4v) is 2.83. The second kappa shape index (κ2) is 1.68. The molecule has 1 saturated heterocycles. The first-order chi connectivity index (χ1) is 3.97. The van der Waals surface area contributed by atoms with E-state index >= 15 is 0 Å². The molecule has 54 valence electrons. The van der Waals surface area contributed by atoms with Gasteiger partial charge in [0.15, 0.2) is 0 Å². The molecule has 4 N–H and O–H groups in total. The standard InChI is InChI=1S/C4H10N2O2S/c5-1-4(7)2-9(6,8)3-4/h6-7H,1-3,5H2. The molecule has 5 heteroatoms. The van der Waals surface area contributed by atoms with E-state index in [9.17, 15) is 4.21 Å². The van der Waals surface area contributed by atoms with Gasteiger partial charge in [0.1, 0.15) is 5.60 Å². The lowest BCUT2D eigenvalue weighted by atomic mass is 10.1. The van der Waals surface area contributed by atoms with Crippen molar-refractivity contribution in [3.8, 4) is 0 Å². The maximum atomic E-state index is 10.7. The van der Waals surface area contributed by atoms with Crippen LogP contribution in [0.15, 0.2) is 0 Å². The fourth-order valence-electron chi connectivity index (χ4n) is 0.944. The molecule has 0 aliphatic carbocycles. The Balaban J connectivity index is 2.61. The van der Waals surface area contributed by atoms with E-state index in [1.165, 1.54) is 0 Å². The van der Waals surface area contributed by atoms with Crippen LogP contribution in [0.3, 0.4) is 0 Å². The molecule has 0 bridgehead atoms. The van der Waals surface area contributed by atoms with Crippen LogP contribution in [0, 0.1) is 4.78 Å². The summed E-state index contributed by atoms with van der Waals surface area (Å²) in [5, 5.41) is 9.13. The molecule has 1 aliphatic rings. The third-order valence-electron chi connectivity index (χ3n) is 1.38. The lowest BCUT2D eigenvalue weighted by Crippen LogP contribution is -2.58. The summed E-state index contributed by atoms with van der Waals surface area (Å²) in [5.41, 5.74) is 4.14. The Labute approximate surface area is 54.0 Å². The first-order valence-electron chi connectivity index (χ1n) is 2.64. The van der Waals surface area contributed by atoms with Crippen LogP contribution in [-0.4, -0.2) is 33.0 Å². The average Bonchev–Trinajstić information content (AvgIpc) is 1.61. The fraction of sp³-hybridized carbons (Fsp3) is 1.00. The van der Waals surface area contributed by atoms with Gasteiger partial charge in [-0.2, -0.15) is 0 Å². The van der Waals surface area contributed by atoms with Gasteiger partial charge in [-0.1, -0.05) is 0 Å². The molecule has 0 spiro atoms. The van der Waals surface area contributed by atoms with Crippen molar-refractivity contribution in [2.24, 2.45) is 5.73 Å². The van der Waals surface area contributed by atoms with E-state index in [1.807, 2.05) is 0 Å². The van der Waals surface area contributed by atoms with Crippen LogP contribution in [0.5, 0.6) is 0 Å². The molecular weight excluding hydrogens is 140 g/mol. The molecule has 0 amide bonds. The van der Waals surface area contributed by atoms with Crippen LogP contribution in [0.25, 0.3) is 0 Å². The Morgan fingerprint density at radius 2 is 2.22 bits per heavy atom. The highest BCUT2D eigenvalue weighted by Gasteiger charge is 2.43. The highest BCUT2D eigenvalue weighted by molar-refractivity contribution is 7.94. The van der Waals surface area contributed by atoms with Gasteiger partial charge < -0.3 is 10.8 Å². The summed E-state index contributed by atoms with van der Waals surface area (Å²) in [7, 11) is -2.43. The van der Waals surface area contributed by atoms with E-state index < -0.39 is 15.3 Å². The average molecular weight is 150 g/mol. The van der Waals surface area contributed by atoms with Gasteiger partial charge in [0, 0.05) is 16.3 Å². The smallest absolute Gasteiger partial charge is 0.102 e. The van der Waals surface area contributed by atoms with E-state index in [0.717, 1.165) is 0 Å². The lowest BCUT2D eigenvalue weighted by Gasteiger charge is -2.36. The van der Waals surface area contributed by atoms with Gasteiger partial charge in [0.2, 0.25) is 0 Å². The summed E-state index contributed by atoms with van der Waals surface area (Å²) >= 11 is 0. The van der Waals surface area contributed by atoms with Crippen molar-refractivity contribution in [1.82, 2.24) is 0 Å². The molecule has 0 radical (unpaired) electrons. The van der Waals surface area contributed by atoms with E-state index in [-0.39, 0.29) is 18.1 Å². The number of aliphatic hydroxyl groups is 1. The number of hydrogen-bond acceptors (Lipinski definition) is 4. The highest BCUT2D eigenvalue weighted by Crippen LogP contribution is 2.22. The summed E-state index contributed by atoms with van der Waals surface area (Å²) in [5.74, 6) is 0.104. The van der Waals surface area contributed by atoms with E-state index in [0.29, 0.717) is 0 Å². The Bertz CT molecular complexity index is 197. The molecule has 1 aliphatic heterocycles. The van der Waals surface area contributed by atoms with Crippen LogP contribution >= 0.6 is 0 Å². The number of hydrogen-bond donors (Lipinski definition) is 3. The molecule has 0 unspecified atom stereocenters. The van der Waals surface area contributed by atoms with Crippen molar-refractivity contribution >= 4 is 9.73 Å². The number of nitrogens with two attached hydrogens (primary N) is 1. The number of rotatable bonds is 1. The van der Waals surface area contributed by atoms with E-state index in [4.69, 9.17) is 15.6 Å². The maximum Gasteiger partial charge on any atom is 0.102 e. The second-order valence-corrected chi connectivity index (χ2v) is 4.73. The van der Waals surface area contributed by atoms with Crippen molar-refractivity contribution in [2.75, 3.05) is 18.1 Å². The first kappa shape index (κ1) is 6.98. The van der Waals surface area contributed by atoms with Crippen molar-refractivity contribution in [2.45, 2.75) is 5.60 Å². The van der Waals surface area contributed by atoms with Crippen LogP contribution in [-0.2, 0) is 9.73 Å². The van der Waals surface area contributed by atoms with Crippen molar-refractivity contribution in [3.63, 3.8) is 0 Å². The van der Waals surface area contributed by atoms with Crippen LogP contribution < -0.4 is 5.73 Å². The molecule has 0 aromatic carbocycles. The molecule has 4 nitrogen and oxygen atoms in total. The Morgan fingerprint density at radius 3 is 2.33 bits per heavy atom. The molecule has 0 aromatic rings. The Morgan fingerprint density at radius 1 is 1.78 bits per heavy atom. The topological polar surface area (TPSA) is 87.2 Å². The Hall–Kier alpha value is -0.130. The van der Waals surface area contributed by atoms with Gasteiger partial charge in [-0.3, -0.25) is 4.78 Å². The zero-order valence-corrected chi connectivity index (χ0v) is 5.78. The van der Waals surface area contributed by atoms with Crippen molar-refractivity contribution in [1.29, 1.82) is 4.78 Å². The SMILES string of the molecule is N=S1(=O)CC(O)(CN)C1. The minimum absolute atomic E-state index is 0.0521. The van der Waals surface area contributed by atoms with Crippen LogP contribution in [0.2, 0.25) is 0 Å². The molecule has 9 heavy (non-hydrogen) atoms. The third kappa shape index (κ3) is 1.23. The summed E-state index contributed by atoms with van der Waals surface area (Å²) in [6, 6.07) is 0. The summed E-state index contributed by atoms with van der Waals surface area (Å²) in [4.78, 5) is 0. The molecule has 0 aromatic heterocycles. The zero-order valence-electron chi connectivity index (χ0n) is 4.96. The van der Waals surface area contributed by atoms with Gasteiger partial charge in [0.25, 0.3) is 0 Å². The molecule has 1 fully saturated rings. The van der Waals surface area contributed by atoms with Crippen LogP contribution in [0.1, 0.15) is 0 Å². The zero-order chi connectivity index (χ0) is 7.12. The lowest BCUT2D eigenvalue weighted by molar-refractivity contribution is 0.0829. The number of nitrogens with one attached hydrogen (secondary N) is 1. The van der Waals surface area contributed by atoms with Gasteiger partial charge in [-0.05, 0) is 0 Å². The van der Waals surface area contributed by atoms with Gasteiger partial charge in [0.05, 0.1) is 11.5 Å². The summed E-state index contributed by atoms with van der Waals surface area (Å²) in [6.45, 7) is 0.114.